The molecule has 0 saturated carbocycles. The molecule has 0 aliphatic heterocycles. The number of carbonyl (C=O) groups is 2. The Hall–Kier alpha value is -3.68. The number of esters is 1. The number of carbonyl (C=O) groups excluding carboxylic acids is 2. The van der Waals surface area contributed by atoms with Gasteiger partial charge in [-0.3, -0.25) is 4.79 Å². The van der Waals surface area contributed by atoms with E-state index in [0.29, 0.717) is 27.0 Å². The number of benzene rings is 3. The quantitative estimate of drug-likeness (QED) is 0.144. The predicted molar refractivity (Wildman–Crippen MR) is 135 cm³/mol. The van der Waals surface area contributed by atoms with Crippen molar-refractivity contribution in [3.05, 3.63) is 93.8 Å². The lowest BCUT2D eigenvalue weighted by Gasteiger charge is -2.07. The summed E-state index contributed by atoms with van der Waals surface area (Å²) < 4.78 is 12.0. The summed E-state index contributed by atoms with van der Waals surface area (Å²) in [7, 11) is 0. The van der Waals surface area contributed by atoms with Crippen LogP contribution >= 0.6 is 22.9 Å². The molecule has 0 unspecified atom stereocenters. The number of hydrazone groups is 1. The van der Waals surface area contributed by atoms with Gasteiger partial charge in [-0.25, -0.2) is 10.2 Å². The number of aryl methyl sites for hydroxylation is 1. The van der Waals surface area contributed by atoms with Gasteiger partial charge in [0.05, 0.1) is 11.2 Å². The average molecular weight is 493 g/mol. The van der Waals surface area contributed by atoms with Crippen LogP contribution in [0.15, 0.2) is 77.9 Å². The van der Waals surface area contributed by atoms with Gasteiger partial charge in [0.15, 0.2) is 6.61 Å². The second-order valence-corrected chi connectivity index (χ2v) is 8.68. The van der Waals surface area contributed by atoms with Crippen molar-refractivity contribution < 1.29 is 19.1 Å². The third kappa shape index (κ3) is 5.62. The smallest absolute Gasteiger partial charge is 0.355 e. The monoisotopic (exact) mass is 492 g/mol. The van der Waals surface area contributed by atoms with Crippen molar-refractivity contribution in [3.63, 3.8) is 0 Å². The third-order valence-electron chi connectivity index (χ3n) is 4.94. The fourth-order valence-corrected chi connectivity index (χ4v) is 4.53. The predicted octanol–water partition coefficient (Wildman–Crippen LogP) is 5.87. The lowest BCUT2D eigenvalue weighted by molar-refractivity contribution is -0.123. The molecular formula is C26H21ClN2O4S. The van der Waals surface area contributed by atoms with Crippen LogP contribution in [0.2, 0.25) is 5.02 Å². The second-order valence-electron chi connectivity index (χ2n) is 7.25. The highest BCUT2D eigenvalue weighted by Crippen LogP contribution is 2.36. The number of nitrogens with one attached hydrogen (secondary N) is 1. The van der Waals surface area contributed by atoms with E-state index in [1.165, 1.54) is 23.1 Å². The first-order valence-electron chi connectivity index (χ1n) is 10.6. The number of ether oxygens (including phenoxy) is 2. The zero-order valence-electron chi connectivity index (χ0n) is 18.3. The van der Waals surface area contributed by atoms with Gasteiger partial charge in [-0.05, 0) is 42.3 Å². The minimum atomic E-state index is -0.557. The number of halogens is 1. The molecular weight excluding hydrogens is 472 g/mol. The van der Waals surface area contributed by atoms with Crippen molar-refractivity contribution in [1.29, 1.82) is 0 Å². The van der Waals surface area contributed by atoms with E-state index in [4.69, 9.17) is 21.1 Å². The van der Waals surface area contributed by atoms with Crippen molar-refractivity contribution in [1.82, 2.24) is 5.43 Å². The van der Waals surface area contributed by atoms with E-state index in [-0.39, 0.29) is 6.61 Å². The van der Waals surface area contributed by atoms with Crippen LogP contribution in [-0.4, -0.2) is 24.7 Å². The molecule has 0 bridgehead atoms. The molecule has 0 atom stereocenters. The summed E-state index contributed by atoms with van der Waals surface area (Å²) in [4.78, 5) is 25.1. The second kappa shape index (κ2) is 11.0. The normalized spacial score (nSPS) is 11.0. The molecule has 1 amide bonds. The third-order valence-corrected chi connectivity index (χ3v) is 6.59. The summed E-state index contributed by atoms with van der Waals surface area (Å²) in [6.45, 7) is 1.89. The lowest BCUT2D eigenvalue weighted by Crippen LogP contribution is -2.24. The number of nitrogens with zero attached hydrogens (tertiary/aromatic N) is 1. The largest absolute Gasteiger partial charge is 0.484 e. The Kier molecular flexibility index (Phi) is 7.57. The van der Waals surface area contributed by atoms with Crippen LogP contribution in [0, 0.1) is 0 Å². The fourth-order valence-electron chi connectivity index (χ4n) is 3.15. The van der Waals surface area contributed by atoms with E-state index < -0.39 is 11.9 Å². The van der Waals surface area contributed by atoms with Crippen LogP contribution in [0.4, 0.5) is 0 Å². The molecule has 1 heterocycles. The van der Waals surface area contributed by atoms with Crippen molar-refractivity contribution >= 4 is 51.1 Å². The number of hydrogen-bond acceptors (Lipinski definition) is 6. The zero-order chi connectivity index (χ0) is 23.9. The highest BCUT2D eigenvalue weighted by Gasteiger charge is 2.19. The van der Waals surface area contributed by atoms with Crippen LogP contribution in [-0.2, 0) is 11.2 Å². The van der Waals surface area contributed by atoms with Crippen LogP contribution in [0.3, 0.4) is 0 Å². The van der Waals surface area contributed by atoms with E-state index >= 15 is 0 Å². The summed E-state index contributed by atoms with van der Waals surface area (Å²) in [6.07, 6.45) is 2.34. The molecule has 0 spiro atoms. The summed E-state index contributed by atoms with van der Waals surface area (Å²) in [5.41, 5.74) is 4.12. The summed E-state index contributed by atoms with van der Waals surface area (Å²) in [5, 5.41) is 5.13. The number of para-hydroxylation sites is 1. The molecule has 0 aliphatic rings. The van der Waals surface area contributed by atoms with Gasteiger partial charge in [0.2, 0.25) is 0 Å². The molecule has 4 rings (SSSR count). The van der Waals surface area contributed by atoms with Crippen LogP contribution in [0.1, 0.15) is 27.7 Å². The zero-order valence-corrected chi connectivity index (χ0v) is 19.9. The Labute approximate surface area is 205 Å². The molecule has 1 N–H and O–H groups in total. The molecule has 0 saturated heterocycles. The van der Waals surface area contributed by atoms with Gasteiger partial charge in [0.1, 0.15) is 16.4 Å². The van der Waals surface area contributed by atoms with Gasteiger partial charge in [0.25, 0.3) is 5.91 Å². The molecule has 0 radical (unpaired) electrons. The number of hydrogen-bond donors (Lipinski definition) is 1. The number of amides is 1. The molecule has 6 nitrogen and oxygen atoms in total. The Morgan fingerprint density at radius 3 is 2.53 bits per heavy atom. The van der Waals surface area contributed by atoms with Gasteiger partial charge < -0.3 is 9.47 Å². The van der Waals surface area contributed by atoms with E-state index in [2.05, 4.69) is 17.5 Å². The number of fused-ring (bicyclic) bond motifs is 1. The lowest BCUT2D eigenvalue weighted by atomic mass is 10.2. The van der Waals surface area contributed by atoms with Gasteiger partial charge in [-0.2, -0.15) is 5.10 Å². The molecule has 0 fully saturated rings. The maximum absolute atomic E-state index is 12.8. The van der Waals surface area contributed by atoms with Crippen molar-refractivity contribution in [2.45, 2.75) is 13.3 Å². The molecule has 1 aromatic heterocycles. The highest BCUT2D eigenvalue weighted by molar-refractivity contribution is 7.21. The van der Waals surface area contributed by atoms with E-state index in [9.17, 15) is 9.59 Å². The Morgan fingerprint density at radius 1 is 1.03 bits per heavy atom. The maximum atomic E-state index is 12.8. The van der Waals surface area contributed by atoms with Crippen LogP contribution < -0.4 is 14.9 Å². The Bertz CT molecular complexity index is 1350. The van der Waals surface area contributed by atoms with Gasteiger partial charge in [0, 0.05) is 15.6 Å². The molecule has 0 aliphatic carbocycles. The summed E-state index contributed by atoms with van der Waals surface area (Å²) in [6, 6.07) is 21.9. The summed E-state index contributed by atoms with van der Waals surface area (Å²) in [5.74, 6) is -0.0688. The van der Waals surface area contributed by atoms with Gasteiger partial charge in [-0.1, -0.05) is 61.0 Å². The molecule has 4 aromatic rings. The van der Waals surface area contributed by atoms with Crippen molar-refractivity contribution in [2.75, 3.05) is 6.61 Å². The van der Waals surface area contributed by atoms with E-state index in [1.54, 1.807) is 24.3 Å². The van der Waals surface area contributed by atoms with E-state index in [1.807, 2.05) is 48.5 Å². The first-order valence-corrected chi connectivity index (χ1v) is 11.8. The molecule has 172 valence electrons. The number of thiophene rings is 1. The van der Waals surface area contributed by atoms with Crippen molar-refractivity contribution in [2.24, 2.45) is 5.10 Å². The van der Waals surface area contributed by atoms with Crippen LogP contribution in [0.5, 0.6) is 11.5 Å². The fraction of sp³-hybridized carbons (Fsp3) is 0.115. The van der Waals surface area contributed by atoms with Crippen molar-refractivity contribution in [3.8, 4) is 11.5 Å². The standard InChI is InChI=1S/C26H21ClN2O4S/c1-2-17-11-13-19(14-12-17)32-16-23(30)29-28-15-18-7-3-5-9-21(18)33-26(31)25-24(27)20-8-4-6-10-22(20)34-25/h3-15H,2,16H2,1H3,(H,29,30)/b28-15+. The maximum Gasteiger partial charge on any atom is 0.355 e. The van der Waals surface area contributed by atoms with E-state index in [0.717, 1.165) is 16.5 Å². The molecule has 8 heteroatoms. The Balaban J connectivity index is 1.37. The minimum Gasteiger partial charge on any atom is -0.484 e. The average Bonchev–Trinajstić information content (AvgIpc) is 3.21. The summed E-state index contributed by atoms with van der Waals surface area (Å²) >= 11 is 7.66. The first-order chi connectivity index (χ1) is 16.5. The minimum absolute atomic E-state index is 0.177. The Morgan fingerprint density at radius 2 is 1.76 bits per heavy atom. The highest BCUT2D eigenvalue weighted by atomic mass is 35.5. The van der Waals surface area contributed by atoms with Gasteiger partial charge >= 0.3 is 5.97 Å². The molecule has 34 heavy (non-hydrogen) atoms. The number of rotatable bonds is 8. The van der Waals surface area contributed by atoms with Crippen LogP contribution in [0.25, 0.3) is 10.1 Å². The SMILES string of the molecule is CCc1ccc(OCC(=O)N/N=C/c2ccccc2OC(=O)c2sc3ccccc3c2Cl)cc1. The van der Waals surface area contributed by atoms with Gasteiger partial charge in [-0.15, -0.1) is 11.3 Å². The molecule has 3 aromatic carbocycles. The topological polar surface area (TPSA) is 77.0 Å². The first kappa shape index (κ1) is 23.5.